The number of hydrogen-bond acceptors (Lipinski definition) is 3. The average Bonchev–Trinajstić information content (AvgIpc) is 2.23. The van der Waals surface area contributed by atoms with Crippen molar-refractivity contribution in [2.45, 2.75) is 20.8 Å². The summed E-state index contributed by atoms with van der Waals surface area (Å²) in [5.74, 6) is -0.306. The molecule has 0 atom stereocenters. The quantitative estimate of drug-likeness (QED) is 0.761. The van der Waals surface area contributed by atoms with Gasteiger partial charge in [0.25, 0.3) is 0 Å². The molecule has 0 amide bonds. The molecule has 4 heteroatoms. The number of aromatic hydroxyl groups is 1. The number of Topliss-reactive ketones (excluding diaryl/α,β-unsaturated/α-hetero) is 1. The summed E-state index contributed by atoms with van der Waals surface area (Å²) in [5, 5.41) is 10.4. The van der Waals surface area contributed by atoms with Gasteiger partial charge in [0.1, 0.15) is 5.75 Å². The third kappa shape index (κ3) is 1.85. The van der Waals surface area contributed by atoms with Crippen LogP contribution in [0.4, 0.5) is 0 Å². The van der Waals surface area contributed by atoms with Crippen molar-refractivity contribution in [2.24, 2.45) is 5.73 Å². The van der Waals surface area contributed by atoms with E-state index in [9.17, 15) is 9.90 Å². The lowest BCUT2D eigenvalue weighted by Gasteiger charge is -2.14. The molecular formula is C11H14ClNO2. The Bertz CT molecular complexity index is 398. The van der Waals surface area contributed by atoms with Crippen molar-refractivity contribution in [2.75, 3.05) is 6.54 Å². The SMILES string of the molecule is Cc1c(C)c(Cl)c(C)c(C(=O)CN)c1O. The number of rotatable bonds is 2. The number of phenols is 1. The molecule has 82 valence electrons. The molecule has 0 aliphatic rings. The fourth-order valence-electron chi connectivity index (χ4n) is 1.54. The van der Waals surface area contributed by atoms with E-state index in [0.29, 0.717) is 16.1 Å². The molecule has 0 unspecified atom stereocenters. The zero-order valence-electron chi connectivity index (χ0n) is 9.02. The second-order valence-electron chi connectivity index (χ2n) is 3.54. The molecule has 1 aromatic rings. The normalized spacial score (nSPS) is 10.5. The first-order valence-electron chi connectivity index (χ1n) is 4.63. The highest BCUT2D eigenvalue weighted by Gasteiger charge is 2.19. The first kappa shape index (κ1) is 12.0. The number of carbonyl (C=O) groups is 1. The van der Waals surface area contributed by atoms with Gasteiger partial charge in [-0.25, -0.2) is 0 Å². The second-order valence-corrected chi connectivity index (χ2v) is 3.92. The maximum atomic E-state index is 11.5. The van der Waals surface area contributed by atoms with Crippen molar-refractivity contribution < 1.29 is 9.90 Å². The molecule has 0 saturated heterocycles. The summed E-state index contributed by atoms with van der Waals surface area (Å²) in [5.41, 5.74) is 7.53. The van der Waals surface area contributed by atoms with Crippen molar-refractivity contribution in [3.8, 4) is 5.75 Å². The maximum Gasteiger partial charge on any atom is 0.180 e. The molecule has 0 bridgehead atoms. The maximum absolute atomic E-state index is 11.5. The van der Waals surface area contributed by atoms with E-state index in [2.05, 4.69) is 0 Å². The summed E-state index contributed by atoms with van der Waals surface area (Å²) in [6.07, 6.45) is 0. The summed E-state index contributed by atoms with van der Waals surface area (Å²) in [4.78, 5) is 11.5. The van der Waals surface area contributed by atoms with Crippen LogP contribution in [-0.4, -0.2) is 17.4 Å². The Hall–Kier alpha value is -1.06. The fraction of sp³-hybridized carbons (Fsp3) is 0.364. The number of carbonyl (C=O) groups excluding carboxylic acids is 1. The largest absolute Gasteiger partial charge is 0.507 e. The molecule has 0 aliphatic carbocycles. The third-order valence-electron chi connectivity index (χ3n) is 2.65. The number of benzene rings is 1. The molecule has 0 aliphatic heterocycles. The Balaban J connectivity index is 3.60. The molecule has 1 aromatic carbocycles. The Labute approximate surface area is 93.9 Å². The number of phenolic OH excluding ortho intramolecular Hbond substituents is 1. The molecule has 0 aromatic heterocycles. The van der Waals surface area contributed by atoms with Gasteiger partial charge in [-0.15, -0.1) is 0 Å². The van der Waals surface area contributed by atoms with Crippen molar-refractivity contribution >= 4 is 17.4 Å². The average molecular weight is 228 g/mol. The van der Waals surface area contributed by atoms with Crippen LogP contribution in [0.3, 0.4) is 0 Å². The van der Waals surface area contributed by atoms with E-state index < -0.39 is 0 Å². The highest BCUT2D eigenvalue weighted by Crippen LogP contribution is 2.34. The fourth-order valence-corrected chi connectivity index (χ4v) is 1.78. The minimum Gasteiger partial charge on any atom is -0.507 e. The summed E-state index contributed by atoms with van der Waals surface area (Å²) in [7, 11) is 0. The summed E-state index contributed by atoms with van der Waals surface area (Å²) in [6, 6.07) is 0. The molecule has 3 N–H and O–H groups in total. The van der Waals surface area contributed by atoms with Crippen molar-refractivity contribution in [1.29, 1.82) is 0 Å². The predicted octanol–water partition coefficient (Wildman–Crippen LogP) is 2.11. The van der Waals surface area contributed by atoms with Gasteiger partial charge in [-0.1, -0.05) is 11.6 Å². The van der Waals surface area contributed by atoms with E-state index in [4.69, 9.17) is 17.3 Å². The Morgan fingerprint density at radius 1 is 1.27 bits per heavy atom. The van der Waals surface area contributed by atoms with Gasteiger partial charge in [-0.05, 0) is 37.5 Å². The van der Waals surface area contributed by atoms with Crippen LogP contribution in [0.1, 0.15) is 27.0 Å². The van der Waals surface area contributed by atoms with E-state index in [1.165, 1.54) is 0 Å². The molecule has 0 fully saturated rings. The molecule has 15 heavy (non-hydrogen) atoms. The lowest BCUT2D eigenvalue weighted by atomic mass is 9.96. The highest BCUT2D eigenvalue weighted by atomic mass is 35.5. The van der Waals surface area contributed by atoms with E-state index in [-0.39, 0.29) is 23.6 Å². The van der Waals surface area contributed by atoms with Crippen LogP contribution in [0.15, 0.2) is 0 Å². The second kappa shape index (κ2) is 4.21. The van der Waals surface area contributed by atoms with Crippen molar-refractivity contribution in [1.82, 2.24) is 0 Å². The van der Waals surface area contributed by atoms with Gasteiger partial charge in [0.2, 0.25) is 0 Å². The van der Waals surface area contributed by atoms with Crippen LogP contribution >= 0.6 is 11.6 Å². The Kier molecular flexibility index (Phi) is 3.37. The van der Waals surface area contributed by atoms with Gasteiger partial charge in [-0.2, -0.15) is 0 Å². The highest BCUT2D eigenvalue weighted by molar-refractivity contribution is 6.33. The topological polar surface area (TPSA) is 63.3 Å². The molecule has 0 spiro atoms. The third-order valence-corrected chi connectivity index (χ3v) is 3.22. The molecule has 0 heterocycles. The molecule has 0 saturated carbocycles. The van der Waals surface area contributed by atoms with E-state index >= 15 is 0 Å². The molecule has 0 radical (unpaired) electrons. The Morgan fingerprint density at radius 3 is 2.27 bits per heavy atom. The first-order valence-corrected chi connectivity index (χ1v) is 5.01. The number of nitrogens with two attached hydrogens (primary N) is 1. The van der Waals surface area contributed by atoms with Crippen molar-refractivity contribution in [3.05, 3.63) is 27.3 Å². The number of hydrogen-bond donors (Lipinski definition) is 2. The van der Waals surface area contributed by atoms with Crippen LogP contribution in [0.5, 0.6) is 5.75 Å². The van der Waals surface area contributed by atoms with Crippen LogP contribution in [-0.2, 0) is 0 Å². The standard InChI is InChI=1S/C11H14ClNO2/c1-5-6(2)11(15)9(8(14)4-13)7(3)10(5)12/h15H,4,13H2,1-3H3. The molecular weight excluding hydrogens is 214 g/mol. The van der Waals surface area contributed by atoms with E-state index in [0.717, 1.165) is 5.56 Å². The number of halogens is 1. The van der Waals surface area contributed by atoms with Crippen LogP contribution in [0.2, 0.25) is 5.02 Å². The zero-order valence-corrected chi connectivity index (χ0v) is 9.77. The predicted molar refractivity (Wildman–Crippen MR) is 60.7 cm³/mol. The minimum absolute atomic E-state index is 0.00940. The van der Waals surface area contributed by atoms with Gasteiger partial charge < -0.3 is 10.8 Å². The summed E-state index contributed by atoms with van der Waals surface area (Å²) < 4.78 is 0. The molecule has 3 nitrogen and oxygen atoms in total. The molecule has 1 rings (SSSR count). The minimum atomic E-state index is -0.296. The van der Waals surface area contributed by atoms with Gasteiger partial charge in [0.05, 0.1) is 12.1 Å². The lowest BCUT2D eigenvalue weighted by molar-refractivity contribution is 0.0998. The summed E-state index contributed by atoms with van der Waals surface area (Å²) in [6.45, 7) is 5.11. The van der Waals surface area contributed by atoms with Gasteiger partial charge >= 0.3 is 0 Å². The van der Waals surface area contributed by atoms with E-state index in [1.54, 1.807) is 20.8 Å². The smallest absolute Gasteiger partial charge is 0.180 e. The van der Waals surface area contributed by atoms with Gasteiger partial charge in [0.15, 0.2) is 5.78 Å². The van der Waals surface area contributed by atoms with Gasteiger partial charge in [-0.3, -0.25) is 4.79 Å². The van der Waals surface area contributed by atoms with Crippen LogP contribution in [0, 0.1) is 20.8 Å². The zero-order chi connectivity index (χ0) is 11.7. The van der Waals surface area contributed by atoms with Crippen LogP contribution < -0.4 is 5.73 Å². The van der Waals surface area contributed by atoms with Crippen LogP contribution in [0.25, 0.3) is 0 Å². The monoisotopic (exact) mass is 227 g/mol. The lowest BCUT2D eigenvalue weighted by Crippen LogP contribution is -2.16. The Morgan fingerprint density at radius 2 is 1.80 bits per heavy atom. The number of ketones is 1. The van der Waals surface area contributed by atoms with Crippen molar-refractivity contribution in [3.63, 3.8) is 0 Å². The van der Waals surface area contributed by atoms with Gasteiger partial charge in [0, 0.05) is 5.02 Å². The first-order chi connectivity index (χ1) is 6.91. The summed E-state index contributed by atoms with van der Waals surface area (Å²) >= 11 is 6.06. The van der Waals surface area contributed by atoms with E-state index in [1.807, 2.05) is 0 Å².